The van der Waals surface area contributed by atoms with Gasteiger partial charge in [0.2, 0.25) is 0 Å². The van der Waals surface area contributed by atoms with Crippen LogP contribution in [-0.2, 0) is 9.47 Å². The van der Waals surface area contributed by atoms with Crippen molar-refractivity contribution in [1.29, 1.82) is 0 Å². The largest absolute Gasteiger partial charge is 0.492 e. The summed E-state index contributed by atoms with van der Waals surface area (Å²) in [4.78, 5) is 17.9. The minimum Gasteiger partial charge on any atom is -0.492 e. The van der Waals surface area contributed by atoms with E-state index in [0.29, 0.717) is 17.7 Å². The maximum atomic E-state index is 13.3. The van der Waals surface area contributed by atoms with Gasteiger partial charge in [-0.2, -0.15) is 0 Å². The van der Waals surface area contributed by atoms with E-state index in [2.05, 4.69) is 28.5 Å². The fraction of sp³-hybridized carbons (Fsp3) is 0.407. The molecular weight excluding hydrogens is 448 g/mol. The number of fused-ring (bicyclic) bond motifs is 1. The number of carbonyl (C=O) groups is 1. The van der Waals surface area contributed by atoms with Gasteiger partial charge in [-0.05, 0) is 63.2 Å². The molecule has 1 unspecified atom stereocenters. The van der Waals surface area contributed by atoms with E-state index < -0.39 is 0 Å². The Kier molecular flexibility index (Phi) is 7.11. The van der Waals surface area contributed by atoms with Crippen molar-refractivity contribution in [2.75, 3.05) is 6.61 Å². The van der Waals surface area contributed by atoms with Crippen LogP contribution in [-0.4, -0.2) is 29.5 Å². The molecule has 2 heterocycles. The van der Waals surface area contributed by atoms with Gasteiger partial charge in [0.05, 0.1) is 17.3 Å². The summed E-state index contributed by atoms with van der Waals surface area (Å²) in [7, 11) is 0. The summed E-state index contributed by atoms with van der Waals surface area (Å²) < 4.78 is 17.8. The predicted octanol–water partition coefficient (Wildman–Crippen LogP) is 6.03. The molecule has 0 radical (unpaired) electrons. The van der Waals surface area contributed by atoms with Gasteiger partial charge in [0, 0.05) is 12.0 Å². The van der Waals surface area contributed by atoms with Crippen LogP contribution >= 0.6 is 11.3 Å². The number of hydrogen-bond acceptors (Lipinski definition) is 7. The molecule has 1 atom stereocenters. The zero-order valence-corrected chi connectivity index (χ0v) is 20.2. The van der Waals surface area contributed by atoms with Gasteiger partial charge in [0.25, 0.3) is 0 Å². The lowest BCUT2D eigenvalue weighted by molar-refractivity contribution is 0.0877. The van der Waals surface area contributed by atoms with Crippen molar-refractivity contribution in [3.63, 3.8) is 0 Å². The molecular formula is C27H30N2O4S. The molecule has 7 heteroatoms. The average Bonchev–Trinajstić information content (AvgIpc) is 3.34. The molecule has 5 rings (SSSR count). The van der Waals surface area contributed by atoms with E-state index in [4.69, 9.17) is 14.2 Å². The molecule has 0 spiro atoms. The standard InChI is InChI=1S/C27H30N2O4S/c1-2-32-21-9-6-10-23-25(21)29-27(34-23)26(30)19-11-13-20(14-12-19)28-24(18-7-4-3-5-8-18)22-17-31-15-16-33-22/h3-4,6-7,9-10,15-17,19-20,24,28H,2,5,8,11-14H2,1H3. The van der Waals surface area contributed by atoms with Gasteiger partial charge >= 0.3 is 0 Å². The Morgan fingerprint density at radius 2 is 2.15 bits per heavy atom. The van der Waals surface area contributed by atoms with Crippen LogP contribution in [0.25, 0.3) is 10.2 Å². The van der Waals surface area contributed by atoms with Gasteiger partial charge in [-0.25, -0.2) is 4.98 Å². The van der Waals surface area contributed by atoms with E-state index in [-0.39, 0.29) is 17.7 Å². The van der Waals surface area contributed by atoms with Gasteiger partial charge < -0.3 is 19.5 Å². The average molecular weight is 479 g/mol. The Morgan fingerprint density at radius 1 is 1.26 bits per heavy atom. The number of nitrogens with zero attached hydrogens (tertiary/aromatic N) is 1. The lowest BCUT2D eigenvalue weighted by Gasteiger charge is -2.33. The van der Waals surface area contributed by atoms with Gasteiger partial charge in [-0.15, -0.1) is 11.3 Å². The fourth-order valence-corrected chi connectivity index (χ4v) is 5.88. The number of Topliss-reactive ketones (excluding diaryl/α,β-unsaturated/α-hetero) is 1. The molecule has 1 fully saturated rings. The van der Waals surface area contributed by atoms with Crippen LogP contribution in [0.15, 0.2) is 66.5 Å². The third-order valence-electron chi connectivity index (χ3n) is 6.62. The Labute approximate surface area is 204 Å². The normalized spacial score (nSPS) is 23.0. The van der Waals surface area contributed by atoms with E-state index in [9.17, 15) is 4.79 Å². The SMILES string of the molecule is CCOc1cccc2sc(C(=O)C3CCC(NC(C4=CC=CCC4)C4=COC=CO4)CC3)nc12. The number of ether oxygens (including phenoxy) is 3. The lowest BCUT2D eigenvalue weighted by Crippen LogP contribution is -2.44. The highest BCUT2D eigenvalue weighted by atomic mass is 32.1. The van der Waals surface area contributed by atoms with Crippen molar-refractivity contribution in [1.82, 2.24) is 10.3 Å². The summed E-state index contributed by atoms with van der Waals surface area (Å²) in [6.45, 7) is 2.53. The molecule has 1 aromatic carbocycles. The maximum absolute atomic E-state index is 13.3. The van der Waals surface area contributed by atoms with E-state index in [1.807, 2.05) is 25.1 Å². The van der Waals surface area contributed by atoms with Crippen molar-refractivity contribution in [3.05, 3.63) is 71.6 Å². The van der Waals surface area contributed by atoms with Crippen LogP contribution < -0.4 is 10.1 Å². The molecule has 3 aliphatic rings. The van der Waals surface area contributed by atoms with Gasteiger partial charge in [-0.1, -0.05) is 24.3 Å². The first-order valence-electron chi connectivity index (χ1n) is 12.1. The topological polar surface area (TPSA) is 69.7 Å². The summed E-state index contributed by atoms with van der Waals surface area (Å²) in [6.07, 6.45) is 16.9. The number of nitrogens with one attached hydrogen (secondary N) is 1. The molecule has 178 valence electrons. The molecule has 2 aliphatic carbocycles. The molecule has 1 aliphatic heterocycles. The van der Waals surface area contributed by atoms with E-state index in [1.54, 1.807) is 12.5 Å². The second-order valence-corrected chi connectivity index (χ2v) is 9.85. The van der Waals surface area contributed by atoms with Gasteiger partial charge in [-0.3, -0.25) is 4.79 Å². The zero-order chi connectivity index (χ0) is 23.3. The van der Waals surface area contributed by atoms with Crippen LogP contribution in [0.5, 0.6) is 5.75 Å². The summed E-state index contributed by atoms with van der Waals surface area (Å²) >= 11 is 1.47. The monoisotopic (exact) mass is 478 g/mol. The highest BCUT2D eigenvalue weighted by Crippen LogP contribution is 2.34. The quantitative estimate of drug-likeness (QED) is 0.467. The van der Waals surface area contributed by atoms with Crippen LogP contribution in [0.2, 0.25) is 0 Å². The molecule has 0 bridgehead atoms. The Hall–Kier alpha value is -2.90. The highest BCUT2D eigenvalue weighted by Gasteiger charge is 2.32. The number of hydrogen-bond donors (Lipinski definition) is 1. The third kappa shape index (κ3) is 4.95. The summed E-state index contributed by atoms with van der Waals surface area (Å²) in [5.74, 6) is 1.71. The lowest BCUT2D eigenvalue weighted by atomic mass is 9.83. The maximum Gasteiger partial charge on any atom is 0.194 e. The van der Waals surface area contributed by atoms with Crippen molar-refractivity contribution in [2.45, 2.75) is 57.5 Å². The number of ketones is 1. The molecule has 6 nitrogen and oxygen atoms in total. The zero-order valence-electron chi connectivity index (χ0n) is 19.4. The van der Waals surface area contributed by atoms with Crippen LogP contribution in [0.1, 0.15) is 55.3 Å². The van der Waals surface area contributed by atoms with Crippen molar-refractivity contribution in [3.8, 4) is 5.75 Å². The molecule has 1 saturated carbocycles. The molecule has 0 amide bonds. The second kappa shape index (κ2) is 10.6. The van der Waals surface area contributed by atoms with Crippen molar-refractivity contribution in [2.24, 2.45) is 5.92 Å². The number of benzene rings is 1. The summed E-state index contributed by atoms with van der Waals surface area (Å²) in [6, 6.07) is 6.17. The minimum absolute atomic E-state index is 0.0147. The van der Waals surface area contributed by atoms with Gasteiger partial charge in [0.15, 0.2) is 16.6 Å². The van der Waals surface area contributed by atoms with Crippen LogP contribution in [0.4, 0.5) is 0 Å². The highest BCUT2D eigenvalue weighted by molar-refractivity contribution is 7.20. The number of allylic oxidation sites excluding steroid dienone is 3. The first-order chi connectivity index (χ1) is 16.7. The second-order valence-electron chi connectivity index (χ2n) is 8.82. The van der Waals surface area contributed by atoms with E-state index in [1.165, 1.54) is 23.2 Å². The smallest absolute Gasteiger partial charge is 0.194 e. The van der Waals surface area contributed by atoms with Crippen molar-refractivity contribution < 1.29 is 19.0 Å². The minimum atomic E-state index is -0.0200. The number of carbonyl (C=O) groups excluding carboxylic acids is 1. The van der Waals surface area contributed by atoms with E-state index >= 15 is 0 Å². The number of thiazole rings is 1. The number of para-hydroxylation sites is 1. The number of rotatable bonds is 8. The fourth-order valence-electron chi connectivity index (χ4n) is 4.88. The Morgan fingerprint density at radius 3 is 2.88 bits per heavy atom. The number of aromatic nitrogens is 1. The van der Waals surface area contributed by atoms with Crippen LogP contribution in [0, 0.1) is 5.92 Å². The van der Waals surface area contributed by atoms with E-state index in [0.717, 1.165) is 60.3 Å². The summed E-state index contributed by atoms with van der Waals surface area (Å²) in [5.41, 5.74) is 2.09. The predicted molar refractivity (Wildman–Crippen MR) is 134 cm³/mol. The third-order valence-corrected chi connectivity index (χ3v) is 7.65. The molecule has 34 heavy (non-hydrogen) atoms. The molecule has 1 N–H and O–H groups in total. The van der Waals surface area contributed by atoms with Gasteiger partial charge in [0.1, 0.15) is 30.1 Å². The Balaban J connectivity index is 1.24. The van der Waals surface area contributed by atoms with Crippen molar-refractivity contribution >= 4 is 27.3 Å². The molecule has 2 aromatic rings. The first-order valence-corrected chi connectivity index (χ1v) is 12.9. The Bertz CT molecular complexity index is 1150. The molecule has 1 aromatic heterocycles. The first kappa shape index (κ1) is 22.9. The van der Waals surface area contributed by atoms with Crippen LogP contribution in [0.3, 0.4) is 0 Å². The summed E-state index contributed by atoms with van der Waals surface area (Å²) in [5, 5.41) is 4.38. The molecule has 0 saturated heterocycles.